The molecule has 0 radical (unpaired) electrons. The maximum atomic E-state index is 11.0. The summed E-state index contributed by atoms with van der Waals surface area (Å²) in [6.07, 6.45) is 0. The molecule has 2 rings (SSSR count). The van der Waals surface area contributed by atoms with E-state index in [9.17, 15) is 10.1 Å². The molecule has 3 N–H and O–H groups in total. The molecular weight excluding hydrogens is 232 g/mol. The number of anilines is 1. The first-order valence-corrected chi connectivity index (χ1v) is 5.60. The van der Waals surface area contributed by atoms with Crippen molar-refractivity contribution in [1.29, 1.82) is 0 Å². The lowest BCUT2D eigenvalue weighted by molar-refractivity contribution is -0.384. The standard InChI is InChI=1S/C12H14N4O2/c1-7(2)10-11(14-15-12(10)13)8-5-3-4-6-9(8)16(17)18/h3-7H,1-2H3,(H3,13,14,15). The molecule has 0 saturated carbocycles. The van der Waals surface area contributed by atoms with Crippen LogP contribution in [-0.4, -0.2) is 15.1 Å². The molecule has 6 heteroatoms. The van der Waals surface area contributed by atoms with Gasteiger partial charge in [-0.1, -0.05) is 26.0 Å². The number of para-hydroxylation sites is 1. The van der Waals surface area contributed by atoms with Crippen molar-refractivity contribution in [2.24, 2.45) is 0 Å². The molecule has 1 aromatic heterocycles. The van der Waals surface area contributed by atoms with E-state index in [2.05, 4.69) is 10.2 Å². The summed E-state index contributed by atoms with van der Waals surface area (Å²) < 4.78 is 0. The topological polar surface area (TPSA) is 97.8 Å². The molecule has 1 aromatic carbocycles. The van der Waals surface area contributed by atoms with E-state index in [1.54, 1.807) is 18.2 Å². The highest BCUT2D eigenvalue weighted by Crippen LogP contribution is 2.35. The van der Waals surface area contributed by atoms with E-state index in [4.69, 9.17) is 5.73 Å². The predicted molar refractivity (Wildman–Crippen MR) is 69.2 cm³/mol. The summed E-state index contributed by atoms with van der Waals surface area (Å²) in [5.74, 6) is 0.525. The molecule has 2 aromatic rings. The van der Waals surface area contributed by atoms with Gasteiger partial charge >= 0.3 is 0 Å². The Labute approximate surface area is 104 Å². The lowest BCUT2D eigenvalue weighted by Gasteiger charge is -2.07. The molecule has 0 aliphatic heterocycles. The zero-order chi connectivity index (χ0) is 13.3. The lowest BCUT2D eigenvalue weighted by Crippen LogP contribution is -1.97. The van der Waals surface area contributed by atoms with Crippen LogP contribution in [0.4, 0.5) is 11.5 Å². The van der Waals surface area contributed by atoms with E-state index < -0.39 is 4.92 Å². The maximum absolute atomic E-state index is 11.0. The fraction of sp³-hybridized carbons (Fsp3) is 0.250. The number of benzene rings is 1. The highest BCUT2D eigenvalue weighted by molar-refractivity contribution is 5.76. The molecule has 0 aliphatic carbocycles. The second-order valence-electron chi connectivity index (χ2n) is 4.33. The van der Waals surface area contributed by atoms with E-state index in [1.165, 1.54) is 6.07 Å². The Hall–Kier alpha value is -2.37. The molecule has 0 spiro atoms. The Balaban J connectivity index is 2.66. The van der Waals surface area contributed by atoms with Gasteiger partial charge in [0.25, 0.3) is 5.69 Å². The Morgan fingerprint density at radius 3 is 2.67 bits per heavy atom. The van der Waals surface area contributed by atoms with Crippen LogP contribution in [0.15, 0.2) is 24.3 Å². The van der Waals surface area contributed by atoms with Crippen LogP contribution in [0, 0.1) is 10.1 Å². The van der Waals surface area contributed by atoms with Gasteiger partial charge in [0.1, 0.15) is 5.82 Å². The van der Waals surface area contributed by atoms with Gasteiger partial charge in [-0.3, -0.25) is 15.2 Å². The van der Waals surface area contributed by atoms with Crippen molar-refractivity contribution in [3.63, 3.8) is 0 Å². The van der Waals surface area contributed by atoms with Crippen molar-refractivity contribution in [3.05, 3.63) is 39.9 Å². The van der Waals surface area contributed by atoms with Gasteiger partial charge in [-0.2, -0.15) is 5.10 Å². The molecule has 0 atom stereocenters. The quantitative estimate of drug-likeness (QED) is 0.642. The zero-order valence-corrected chi connectivity index (χ0v) is 10.2. The Morgan fingerprint density at radius 2 is 2.06 bits per heavy atom. The fourth-order valence-electron chi connectivity index (χ4n) is 2.00. The van der Waals surface area contributed by atoms with E-state index in [1.807, 2.05) is 13.8 Å². The van der Waals surface area contributed by atoms with Crippen LogP contribution in [-0.2, 0) is 0 Å². The number of hydrogen-bond acceptors (Lipinski definition) is 4. The van der Waals surface area contributed by atoms with Crippen molar-refractivity contribution >= 4 is 11.5 Å². The van der Waals surface area contributed by atoms with Crippen molar-refractivity contribution in [3.8, 4) is 11.3 Å². The number of nitrogen functional groups attached to an aromatic ring is 1. The summed E-state index contributed by atoms with van der Waals surface area (Å²) in [6.45, 7) is 3.94. The Morgan fingerprint density at radius 1 is 1.39 bits per heavy atom. The molecule has 0 bridgehead atoms. The normalized spacial score (nSPS) is 10.8. The van der Waals surface area contributed by atoms with E-state index >= 15 is 0 Å². The van der Waals surface area contributed by atoms with Gasteiger partial charge in [0, 0.05) is 11.6 Å². The number of nitrogens with zero attached hydrogens (tertiary/aromatic N) is 2. The Bertz CT molecular complexity index is 590. The summed E-state index contributed by atoms with van der Waals surface area (Å²) in [6, 6.07) is 6.55. The summed E-state index contributed by atoms with van der Waals surface area (Å²) >= 11 is 0. The summed E-state index contributed by atoms with van der Waals surface area (Å²) in [7, 11) is 0. The van der Waals surface area contributed by atoms with Crippen LogP contribution in [0.5, 0.6) is 0 Å². The van der Waals surface area contributed by atoms with Crippen LogP contribution in [0.25, 0.3) is 11.3 Å². The van der Waals surface area contributed by atoms with Crippen molar-refractivity contribution in [1.82, 2.24) is 10.2 Å². The predicted octanol–water partition coefficient (Wildman–Crippen LogP) is 2.69. The molecule has 0 saturated heterocycles. The van der Waals surface area contributed by atoms with E-state index in [-0.39, 0.29) is 11.6 Å². The molecule has 0 aliphatic rings. The monoisotopic (exact) mass is 246 g/mol. The van der Waals surface area contributed by atoms with E-state index in [0.29, 0.717) is 17.1 Å². The smallest absolute Gasteiger partial charge is 0.278 e. The van der Waals surface area contributed by atoms with Gasteiger partial charge in [-0.05, 0) is 12.0 Å². The molecular formula is C12H14N4O2. The van der Waals surface area contributed by atoms with Gasteiger partial charge in [0.15, 0.2) is 0 Å². The van der Waals surface area contributed by atoms with Crippen molar-refractivity contribution in [2.45, 2.75) is 19.8 Å². The summed E-state index contributed by atoms with van der Waals surface area (Å²) in [5, 5.41) is 17.8. The number of nitro groups is 1. The van der Waals surface area contributed by atoms with Crippen LogP contribution in [0.2, 0.25) is 0 Å². The van der Waals surface area contributed by atoms with Gasteiger partial charge in [0.2, 0.25) is 0 Å². The average Bonchev–Trinajstić information content (AvgIpc) is 2.71. The van der Waals surface area contributed by atoms with Crippen molar-refractivity contribution in [2.75, 3.05) is 5.73 Å². The number of nitrogens with two attached hydrogens (primary N) is 1. The number of hydrogen-bond donors (Lipinski definition) is 2. The van der Waals surface area contributed by atoms with Crippen LogP contribution < -0.4 is 5.73 Å². The minimum Gasteiger partial charge on any atom is -0.382 e. The SMILES string of the molecule is CC(C)c1c(N)n[nH]c1-c1ccccc1[N+](=O)[O-]. The maximum Gasteiger partial charge on any atom is 0.278 e. The molecule has 1 heterocycles. The molecule has 18 heavy (non-hydrogen) atoms. The van der Waals surface area contributed by atoms with Gasteiger partial charge in [0.05, 0.1) is 16.2 Å². The highest BCUT2D eigenvalue weighted by Gasteiger charge is 2.22. The van der Waals surface area contributed by atoms with Gasteiger partial charge in [-0.15, -0.1) is 0 Å². The average molecular weight is 246 g/mol. The largest absolute Gasteiger partial charge is 0.382 e. The first-order valence-electron chi connectivity index (χ1n) is 5.60. The number of nitrogens with one attached hydrogen (secondary N) is 1. The third-order valence-electron chi connectivity index (χ3n) is 2.78. The second kappa shape index (κ2) is 4.48. The molecule has 6 nitrogen and oxygen atoms in total. The third kappa shape index (κ3) is 1.92. The van der Waals surface area contributed by atoms with Crippen LogP contribution in [0.1, 0.15) is 25.3 Å². The number of H-pyrrole nitrogens is 1. The molecule has 0 amide bonds. The minimum absolute atomic E-state index is 0.0445. The molecule has 94 valence electrons. The zero-order valence-electron chi connectivity index (χ0n) is 10.2. The number of aromatic amines is 1. The minimum atomic E-state index is -0.406. The van der Waals surface area contributed by atoms with Crippen LogP contribution in [0.3, 0.4) is 0 Å². The molecule has 0 fully saturated rings. The second-order valence-corrected chi connectivity index (χ2v) is 4.33. The Kier molecular flexibility index (Phi) is 3.01. The van der Waals surface area contributed by atoms with Gasteiger partial charge in [-0.25, -0.2) is 0 Å². The number of aromatic nitrogens is 2. The summed E-state index contributed by atoms with van der Waals surface area (Å²) in [4.78, 5) is 10.6. The van der Waals surface area contributed by atoms with E-state index in [0.717, 1.165) is 5.56 Å². The summed E-state index contributed by atoms with van der Waals surface area (Å²) in [5.41, 5.74) is 7.78. The third-order valence-corrected chi connectivity index (χ3v) is 2.78. The van der Waals surface area contributed by atoms with Crippen LogP contribution >= 0.6 is 0 Å². The number of nitro benzene ring substituents is 1. The number of rotatable bonds is 3. The van der Waals surface area contributed by atoms with Crippen molar-refractivity contribution < 1.29 is 4.92 Å². The lowest BCUT2D eigenvalue weighted by atomic mass is 9.98. The first-order chi connectivity index (χ1) is 8.52. The van der Waals surface area contributed by atoms with Gasteiger partial charge < -0.3 is 5.73 Å². The molecule has 0 unspecified atom stereocenters. The first kappa shape index (κ1) is 12.1. The highest BCUT2D eigenvalue weighted by atomic mass is 16.6. The fourth-order valence-corrected chi connectivity index (χ4v) is 2.00.